The van der Waals surface area contributed by atoms with E-state index in [1.54, 1.807) is 0 Å². The summed E-state index contributed by atoms with van der Waals surface area (Å²) in [6.07, 6.45) is 0.294. The molecule has 0 aliphatic carbocycles. The third-order valence-electron chi connectivity index (χ3n) is 3.22. The lowest BCUT2D eigenvalue weighted by atomic mass is 10.0. The number of nitrogens with two attached hydrogens (primary N) is 1. The summed E-state index contributed by atoms with van der Waals surface area (Å²) in [5.41, 5.74) is 7.99. The van der Waals surface area contributed by atoms with Crippen LogP contribution in [0.2, 0.25) is 0 Å². The first kappa shape index (κ1) is 14.4. The maximum Gasteiger partial charge on any atom is 0.320 e. The summed E-state index contributed by atoms with van der Waals surface area (Å²) >= 11 is 0. The Hall–Kier alpha value is -2.04. The molecule has 0 bridgehead atoms. The van der Waals surface area contributed by atoms with Gasteiger partial charge in [-0.25, -0.2) is 0 Å². The predicted octanol–water partition coefficient (Wildman–Crippen LogP) is 2.96. The van der Waals surface area contributed by atoms with Gasteiger partial charge >= 0.3 is 5.97 Å². The number of benzene rings is 2. The quantitative estimate of drug-likeness (QED) is 0.778. The fourth-order valence-corrected chi connectivity index (χ4v) is 2.24. The van der Waals surface area contributed by atoms with Crippen LogP contribution in [0.15, 0.2) is 46.9 Å². The molecular formula is C15H14ClNO3. The summed E-state index contributed by atoms with van der Waals surface area (Å²) in [5.74, 6) is -0.996. The van der Waals surface area contributed by atoms with Gasteiger partial charge in [0, 0.05) is 10.8 Å². The third kappa shape index (κ3) is 2.48. The molecule has 5 heteroatoms. The Bertz CT molecular complexity index is 766. The highest BCUT2D eigenvalue weighted by molar-refractivity contribution is 6.04. The zero-order chi connectivity index (χ0) is 13.4. The average molecular weight is 292 g/mol. The number of rotatable bonds is 3. The summed E-state index contributed by atoms with van der Waals surface area (Å²) in [4.78, 5) is 10.8. The van der Waals surface area contributed by atoms with Crippen LogP contribution in [-0.2, 0) is 11.2 Å². The van der Waals surface area contributed by atoms with Gasteiger partial charge in [0.25, 0.3) is 0 Å². The van der Waals surface area contributed by atoms with E-state index < -0.39 is 12.0 Å². The molecule has 1 aromatic heterocycles. The van der Waals surface area contributed by atoms with Gasteiger partial charge in [0.05, 0.1) is 0 Å². The van der Waals surface area contributed by atoms with Gasteiger partial charge in [-0.1, -0.05) is 30.3 Å². The summed E-state index contributed by atoms with van der Waals surface area (Å²) < 4.78 is 5.75. The van der Waals surface area contributed by atoms with Gasteiger partial charge in [0.2, 0.25) is 0 Å². The van der Waals surface area contributed by atoms with Crippen molar-refractivity contribution in [3.05, 3.63) is 48.0 Å². The van der Waals surface area contributed by atoms with Crippen LogP contribution in [0.3, 0.4) is 0 Å². The third-order valence-corrected chi connectivity index (χ3v) is 3.22. The molecule has 0 fully saturated rings. The number of hydrogen-bond acceptors (Lipinski definition) is 3. The Morgan fingerprint density at radius 3 is 2.60 bits per heavy atom. The molecule has 0 aliphatic heterocycles. The van der Waals surface area contributed by atoms with Crippen molar-refractivity contribution in [2.45, 2.75) is 12.5 Å². The van der Waals surface area contributed by atoms with Crippen LogP contribution in [0.1, 0.15) is 5.56 Å². The van der Waals surface area contributed by atoms with Crippen molar-refractivity contribution in [3.63, 3.8) is 0 Å². The molecule has 4 nitrogen and oxygen atoms in total. The normalized spacial score (nSPS) is 12.2. The predicted molar refractivity (Wildman–Crippen MR) is 80.3 cm³/mol. The maximum atomic E-state index is 10.8. The molecule has 3 rings (SSSR count). The van der Waals surface area contributed by atoms with Crippen LogP contribution in [0.25, 0.3) is 21.9 Å². The minimum absolute atomic E-state index is 0. The van der Waals surface area contributed by atoms with Gasteiger partial charge in [-0.15, -0.1) is 12.4 Å². The number of carboxylic acid groups (broad SMARTS) is 1. The van der Waals surface area contributed by atoms with Crippen LogP contribution in [0, 0.1) is 0 Å². The molecule has 104 valence electrons. The molecule has 3 N–H and O–H groups in total. The molecule has 0 aliphatic rings. The molecule has 20 heavy (non-hydrogen) atoms. The van der Waals surface area contributed by atoms with E-state index in [1.807, 2.05) is 42.5 Å². The molecule has 2 aromatic carbocycles. The maximum absolute atomic E-state index is 10.8. The van der Waals surface area contributed by atoms with E-state index in [1.165, 1.54) is 0 Å². The van der Waals surface area contributed by atoms with Crippen LogP contribution >= 0.6 is 12.4 Å². The van der Waals surface area contributed by atoms with Crippen LogP contribution in [0.4, 0.5) is 0 Å². The molecule has 0 amide bonds. The molecule has 0 spiro atoms. The molecule has 1 atom stereocenters. The average Bonchev–Trinajstić information content (AvgIpc) is 2.76. The Morgan fingerprint density at radius 1 is 1.15 bits per heavy atom. The topological polar surface area (TPSA) is 76.5 Å². The Morgan fingerprint density at radius 2 is 1.85 bits per heavy atom. The molecule has 0 saturated carbocycles. The van der Waals surface area contributed by atoms with Crippen molar-refractivity contribution in [1.82, 2.24) is 0 Å². The van der Waals surface area contributed by atoms with Crippen LogP contribution in [0.5, 0.6) is 0 Å². The number of halogens is 1. The van der Waals surface area contributed by atoms with E-state index in [-0.39, 0.29) is 12.4 Å². The number of para-hydroxylation sites is 1. The first-order valence-corrected chi connectivity index (χ1v) is 6.04. The molecule has 0 saturated heterocycles. The Balaban J connectivity index is 0.00000147. The van der Waals surface area contributed by atoms with Crippen LogP contribution in [-0.4, -0.2) is 17.1 Å². The lowest BCUT2D eigenvalue weighted by Gasteiger charge is -2.05. The van der Waals surface area contributed by atoms with E-state index >= 15 is 0 Å². The monoisotopic (exact) mass is 291 g/mol. The number of carbonyl (C=O) groups is 1. The van der Waals surface area contributed by atoms with Crippen LogP contribution < -0.4 is 5.73 Å². The van der Waals surface area contributed by atoms with Crippen molar-refractivity contribution in [1.29, 1.82) is 0 Å². The second-order valence-electron chi connectivity index (χ2n) is 4.58. The second-order valence-corrected chi connectivity index (χ2v) is 4.58. The zero-order valence-electron chi connectivity index (χ0n) is 10.6. The molecule has 0 unspecified atom stereocenters. The van der Waals surface area contributed by atoms with Gasteiger partial charge in [-0.3, -0.25) is 4.79 Å². The highest BCUT2D eigenvalue weighted by Gasteiger charge is 2.13. The van der Waals surface area contributed by atoms with E-state index in [9.17, 15) is 4.79 Å². The van der Waals surface area contributed by atoms with E-state index in [2.05, 4.69) is 0 Å². The van der Waals surface area contributed by atoms with Gasteiger partial charge < -0.3 is 15.3 Å². The lowest BCUT2D eigenvalue weighted by Crippen LogP contribution is -2.32. The molecule has 1 heterocycles. The Kier molecular flexibility index (Phi) is 3.97. The first-order chi connectivity index (χ1) is 9.15. The van der Waals surface area contributed by atoms with Crippen molar-refractivity contribution < 1.29 is 14.3 Å². The van der Waals surface area contributed by atoms with Gasteiger partial charge in [0.15, 0.2) is 0 Å². The number of hydrogen-bond donors (Lipinski definition) is 2. The minimum atomic E-state index is -0.996. The summed E-state index contributed by atoms with van der Waals surface area (Å²) in [5, 5.41) is 10.9. The largest absolute Gasteiger partial charge is 0.480 e. The van der Waals surface area contributed by atoms with Gasteiger partial charge in [-0.05, 0) is 24.1 Å². The minimum Gasteiger partial charge on any atom is -0.480 e. The van der Waals surface area contributed by atoms with Crippen molar-refractivity contribution in [2.75, 3.05) is 0 Å². The Labute approximate surface area is 121 Å². The highest BCUT2D eigenvalue weighted by atomic mass is 35.5. The molecule has 0 radical (unpaired) electrons. The SMILES string of the molecule is Cl.N[C@@H](Cc1ccc2c(c1)oc1ccccc12)C(=O)O. The van der Waals surface area contributed by atoms with Gasteiger partial charge in [-0.2, -0.15) is 0 Å². The summed E-state index contributed by atoms with van der Waals surface area (Å²) in [7, 11) is 0. The van der Waals surface area contributed by atoms with E-state index in [4.69, 9.17) is 15.3 Å². The standard InChI is InChI=1S/C15H13NO3.ClH/c16-12(15(17)18)7-9-5-6-11-10-3-1-2-4-13(10)19-14(11)8-9;/h1-6,8,12H,7,16H2,(H,17,18);1H/t12-;/m0./s1. The number of carboxylic acids is 1. The number of fused-ring (bicyclic) bond motifs is 3. The molecule has 3 aromatic rings. The van der Waals surface area contributed by atoms with E-state index in [0.29, 0.717) is 6.42 Å². The highest BCUT2D eigenvalue weighted by Crippen LogP contribution is 2.29. The lowest BCUT2D eigenvalue weighted by molar-refractivity contribution is -0.138. The van der Waals surface area contributed by atoms with Crippen molar-refractivity contribution in [3.8, 4) is 0 Å². The fraction of sp³-hybridized carbons (Fsp3) is 0.133. The van der Waals surface area contributed by atoms with Gasteiger partial charge in [0.1, 0.15) is 17.2 Å². The fourth-order valence-electron chi connectivity index (χ4n) is 2.24. The second kappa shape index (κ2) is 5.53. The zero-order valence-corrected chi connectivity index (χ0v) is 11.4. The summed E-state index contributed by atoms with van der Waals surface area (Å²) in [6, 6.07) is 12.6. The summed E-state index contributed by atoms with van der Waals surface area (Å²) in [6.45, 7) is 0. The van der Waals surface area contributed by atoms with E-state index in [0.717, 1.165) is 27.5 Å². The van der Waals surface area contributed by atoms with Crippen molar-refractivity contribution >= 4 is 40.3 Å². The smallest absolute Gasteiger partial charge is 0.320 e. The molecular weight excluding hydrogens is 278 g/mol. The number of furan rings is 1. The number of aliphatic carboxylic acids is 1. The first-order valence-electron chi connectivity index (χ1n) is 6.04. The van der Waals surface area contributed by atoms with Crippen molar-refractivity contribution in [2.24, 2.45) is 5.73 Å².